The molecule has 0 spiro atoms. The molecular formula is C11H18O. The van der Waals surface area contributed by atoms with Crippen molar-refractivity contribution in [2.45, 2.75) is 38.2 Å². The van der Waals surface area contributed by atoms with E-state index in [9.17, 15) is 5.11 Å². The molecule has 0 radical (unpaired) electrons. The smallest absolute Gasteiger partial charge is 0.0882 e. The number of rotatable bonds is 3. The number of aliphatic hydroxyl groups is 1. The van der Waals surface area contributed by atoms with Crippen LogP contribution in [0.25, 0.3) is 0 Å². The van der Waals surface area contributed by atoms with Gasteiger partial charge in [0, 0.05) is 0 Å². The average Bonchev–Trinajstić information content (AvgIpc) is 2.35. The Morgan fingerprint density at radius 2 is 2.42 bits per heavy atom. The van der Waals surface area contributed by atoms with E-state index in [4.69, 9.17) is 0 Å². The van der Waals surface area contributed by atoms with E-state index in [2.05, 4.69) is 13.2 Å². The summed E-state index contributed by atoms with van der Waals surface area (Å²) in [5.74, 6) is 0.354. The van der Waals surface area contributed by atoms with Crippen molar-refractivity contribution in [3.63, 3.8) is 0 Å². The van der Waals surface area contributed by atoms with Gasteiger partial charge in [-0.05, 0) is 44.1 Å². The molecule has 1 saturated carbocycles. The Kier molecular flexibility index (Phi) is 2.73. The monoisotopic (exact) mass is 166 g/mol. The van der Waals surface area contributed by atoms with E-state index >= 15 is 0 Å². The number of hydrogen-bond acceptors (Lipinski definition) is 1. The molecular weight excluding hydrogens is 148 g/mol. The Labute approximate surface area is 74.8 Å². The molecule has 1 heteroatoms. The lowest BCUT2D eigenvalue weighted by Crippen LogP contribution is -2.33. The van der Waals surface area contributed by atoms with E-state index in [1.165, 1.54) is 0 Å². The Balaban J connectivity index is 2.73. The molecule has 2 atom stereocenters. The fourth-order valence-corrected chi connectivity index (χ4v) is 2.14. The summed E-state index contributed by atoms with van der Waals surface area (Å²) in [4.78, 5) is 0. The van der Waals surface area contributed by atoms with Crippen LogP contribution in [-0.2, 0) is 0 Å². The maximum absolute atomic E-state index is 10.2. The zero-order valence-electron chi connectivity index (χ0n) is 7.84. The lowest BCUT2D eigenvalue weighted by atomic mass is 9.83. The maximum Gasteiger partial charge on any atom is 0.0882 e. The standard InChI is InChI=1S/C11H18O/c1-4-6-10-7-5-8-11(10,12)9(2)3/h4,10,12H,1-2,5-8H2,3H3/t10?,11-/m1/s1. The van der Waals surface area contributed by atoms with Crippen LogP contribution in [0.3, 0.4) is 0 Å². The van der Waals surface area contributed by atoms with Gasteiger partial charge in [-0.3, -0.25) is 0 Å². The van der Waals surface area contributed by atoms with Crippen LogP contribution >= 0.6 is 0 Å². The quantitative estimate of drug-likeness (QED) is 0.639. The van der Waals surface area contributed by atoms with Crippen LogP contribution in [0.1, 0.15) is 32.6 Å². The van der Waals surface area contributed by atoms with Gasteiger partial charge in [0.15, 0.2) is 0 Å². The molecule has 1 aliphatic carbocycles. The molecule has 1 nitrogen and oxygen atoms in total. The molecule has 0 aromatic carbocycles. The summed E-state index contributed by atoms with van der Waals surface area (Å²) in [6.07, 6.45) is 5.89. The van der Waals surface area contributed by atoms with E-state index < -0.39 is 5.60 Å². The summed E-state index contributed by atoms with van der Waals surface area (Å²) in [7, 11) is 0. The molecule has 1 fully saturated rings. The summed E-state index contributed by atoms with van der Waals surface area (Å²) in [6.45, 7) is 9.48. The Hall–Kier alpha value is -0.560. The van der Waals surface area contributed by atoms with Crippen molar-refractivity contribution in [1.29, 1.82) is 0 Å². The van der Waals surface area contributed by atoms with Gasteiger partial charge in [-0.25, -0.2) is 0 Å². The highest BCUT2D eigenvalue weighted by Crippen LogP contribution is 2.41. The van der Waals surface area contributed by atoms with Gasteiger partial charge in [0.05, 0.1) is 5.60 Å². The molecule has 1 rings (SSSR count). The predicted molar refractivity (Wildman–Crippen MR) is 51.9 cm³/mol. The Bertz CT molecular complexity index is 195. The minimum Gasteiger partial charge on any atom is -0.385 e. The molecule has 68 valence electrons. The minimum atomic E-state index is -0.603. The summed E-state index contributed by atoms with van der Waals surface area (Å²) < 4.78 is 0. The van der Waals surface area contributed by atoms with Gasteiger partial charge >= 0.3 is 0 Å². The van der Waals surface area contributed by atoms with Crippen molar-refractivity contribution in [2.75, 3.05) is 0 Å². The Morgan fingerprint density at radius 1 is 1.75 bits per heavy atom. The van der Waals surface area contributed by atoms with E-state index in [0.717, 1.165) is 31.3 Å². The zero-order valence-corrected chi connectivity index (χ0v) is 7.84. The predicted octanol–water partition coefficient (Wildman–Crippen LogP) is 2.67. The van der Waals surface area contributed by atoms with Gasteiger partial charge in [-0.15, -0.1) is 6.58 Å². The average molecular weight is 166 g/mol. The summed E-state index contributed by atoms with van der Waals surface area (Å²) in [6, 6.07) is 0. The summed E-state index contributed by atoms with van der Waals surface area (Å²) >= 11 is 0. The van der Waals surface area contributed by atoms with Crippen LogP contribution in [0.4, 0.5) is 0 Å². The minimum absolute atomic E-state index is 0.354. The first-order valence-corrected chi connectivity index (χ1v) is 4.60. The first kappa shape index (κ1) is 9.53. The first-order valence-electron chi connectivity index (χ1n) is 4.60. The Morgan fingerprint density at radius 3 is 2.92 bits per heavy atom. The second-order valence-corrected chi connectivity index (χ2v) is 3.82. The van der Waals surface area contributed by atoms with Crippen molar-refractivity contribution in [1.82, 2.24) is 0 Å². The summed E-state index contributed by atoms with van der Waals surface area (Å²) in [5.41, 5.74) is 0.306. The maximum atomic E-state index is 10.2. The molecule has 0 aromatic heterocycles. The molecule has 0 aliphatic heterocycles. The van der Waals surface area contributed by atoms with Crippen LogP contribution in [-0.4, -0.2) is 10.7 Å². The third-order valence-electron chi connectivity index (χ3n) is 2.98. The van der Waals surface area contributed by atoms with Crippen LogP contribution in [0, 0.1) is 5.92 Å². The molecule has 1 aliphatic rings. The topological polar surface area (TPSA) is 20.2 Å². The lowest BCUT2D eigenvalue weighted by Gasteiger charge is -2.30. The van der Waals surface area contributed by atoms with Gasteiger partial charge in [-0.2, -0.15) is 0 Å². The molecule has 12 heavy (non-hydrogen) atoms. The number of allylic oxidation sites excluding steroid dienone is 1. The van der Waals surface area contributed by atoms with Crippen molar-refractivity contribution < 1.29 is 5.11 Å². The highest BCUT2D eigenvalue weighted by molar-refractivity contribution is 5.15. The molecule has 0 amide bonds. The van der Waals surface area contributed by atoms with Gasteiger partial charge in [0.2, 0.25) is 0 Å². The van der Waals surface area contributed by atoms with Gasteiger partial charge in [0.1, 0.15) is 0 Å². The highest BCUT2D eigenvalue weighted by atomic mass is 16.3. The van der Waals surface area contributed by atoms with Crippen LogP contribution in [0.15, 0.2) is 24.8 Å². The van der Waals surface area contributed by atoms with Gasteiger partial charge < -0.3 is 5.11 Å². The van der Waals surface area contributed by atoms with Crippen molar-refractivity contribution in [3.05, 3.63) is 24.8 Å². The second kappa shape index (κ2) is 3.44. The van der Waals surface area contributed by atoms with Gasteiger partial charge in [0.25, 0.3) is 0 Å². The molecule has 0 saturated heterocycles. The normalized spacial score (nSPS) is 35.0. The SMILES string of the molecule is C=CCC1CCC[C@@]1(O)C(=C)C. The van der Waals surface area contributed by atoms with Crippen LogP contribution < -0.4 is 0 Å². The molecule has 0 heterocycles. The van der Waals surface area contributed by atoms with E-state index in [-0.39, 0.29) is 0 Å². The fraction of sp³-hybridized carbons (Fsp3) is 0.636. The molecule has 0 aromatic rings. The largest absolute Gasteiger partial charge is 0.385 e. The third kappa shape index (κ3) is 1.46. The first-order chi connectivity index (χ1) is 5.61. The van der Waals surface area contributed by atoms with Crippen molar-refractivity contribution in [3.8, 4) is 0 Å². The van der Waals surface area contributed by atoms with E-state index in [1.807, 2.05) is 13.0 Å². The van der Waals surface area contributed by atoms with Crippen LogP contribution in [0.2, 0.25) is 0 Å². The molecule has 0 bridgehead atoms. The van der Waals surface area contributed by atoms with Crippen molar-refractivity contribution >= 4 is 0 Å². The van der Waals surface area contributed by atoms with Crippen molar-refractivity contribution in [2.24, 2.45) is 5.92 Å². The van der Waals surface area contributed by atoms with E-state index in [0.29, 0.717) is 5.92 Å². The van der Waals surface area contributed by atoms with E-state index in [1.54, 1.807) is 0 Å². The fourth-order valence-electron chi connectivity index (χ4n) is 2.14. The highest BCUT2D eigenvalue weighted by Gasteiger charge is 2.40. The number of hydrogen-bond donors (Lipinski definition) is 1. The molecule has 1 N–H and O–H groups in total. The lowest BCUT2D eigenvalue weighted by molar-refractivity contribution is 0.0406. The second-order valence-electron chi connectivity index (χ2n) is 3.82. The summed E-state index contributed by atoms with van der Waals surface area (Å²) in [5, 5.41) is 10.2. The van der Waals surface area contributed by atoms with Crippen LogP contribution in [0.5, 0.6) is 0 Å². The molecule has 1 unspecified atom stereocenters. The zero-order chi connectivity index (χ0) is 9.19. The van der Waals surface area contributed by atoms with Gasteiger partial charge in [-0.1, -0.05) is 12.7 Å². The third-order valence-corrected chi connectivity index (χ3v) is 2.98.